The lowest BCUT2D eigenvalue weighted by Crippen LogP contribution is -2.15. The van der Waals surface area contributed by atoms with Gasteiger partial charge in [0.2, 0.25) is 0 Å². The van der Waals surface area contributed by atoms with Gasteiger partial charge in [-0.25, -0.2) is 4.39 Å². The molecule has 1 aromatic carbocycles. The summed E-state index contributed by atoms with van der Waals surface area (Å²) < 4.78 is 23.1. The highest BCUT2D eigenvalue weighted by Gasteiger charge is 2.05. The van der Waals surface area contributed by atoms with Crippen LogP contribution in [0.4, 0.5) is 10.1 Å². The monoisotopic (exact) mass is 213 g/mol. The molecule has 0 fully saturated rings. The maximum absolute atomic E-state index is 12.7. The van der Waals surface area contributed by atoms with E-state index in [2.05, 4.69) is 0 Å². The van der Waals surface area contributed by atoms with Gasteiger partial charge in [-0.2, -0.15) is 0 Å². The molecular weight excluding hydrogens is 197 g/mol. The Morgan fingerprint density at radius 1 is 1.47 bits per heavy atom. The summed E-state index contributed by atoms with van der Waals surface area (Å²) >= 11 is 0. The molecule has 1 unspecified atom stereocenters. The van der Waals surface area contributed by atoms with Crippen LogP contribution in [0.2, 0.25) is 0 Å². The Bertz CT molecular complexity index is 317. The van der Waals surface area contributed by atoms with Crippen LogP contribution >= 0.6 is 0 Å². The Kier molecular flexibility index (Phi) is 4.52. The van der Waals surface area contributed by atoms with Crippen molar-refractivity contribution in [1.82, 2.24) is 0 Å². The number of nitrogens with two attached hydrogens (primary N) is 1. The lowest BCUT2D eigenvalue weighted by molar-refractivity contribution is 0.0000759. The fraction of sp³-hybridized carbons (Fsp3) is 0.455. The maximum atomic E-state index is 12.7. The Morgan fingerprint density at radius 3 is 2.80 bits per heavy atom. The predicted octanol–water partition coefficient (Wildman–Crippen LogP) is 1.96. The smallest absolute Gasteiger partial charge is 0.125 e. The van der Waals surface area contributed by atoms with E-state index in [1.807, 2.05) is 6.92 Å². The molecule has 0 radical (unpaired) electrons. The van der Waals surface area contributed by atoms with Gasteiger partial charge in [0.05, 0.1) is 19.3 Å². The number of ether oxygens (including phenoxy) is 2. The molecular formula is C11H16FNO2. The van der Waals surface area contributed by atoms with Gasteiger partial charge in [-0.15, -0.1) is 0 Å². The number of anilines is 1. The van der Waals surface area contributed by atoms with E-state index in [1.54, 1.807) is 13.2 Å². The number of rotatable bonds is 5. The van der Waals surface area contributed by atoms with Crippen LogP contribution in [-0.4, -0.2) is 19.8 Å². The van der Waals surface area contributed by atoms with Crippen molar-refractivity contribution in [3.05, 3.63) is 29.6 Å². The van der Waals surface area contributed by atoms with Gasteiger partial charge in [0.1, 0.15) is 5.82 Å². The van der Waals surface area contributed by atoms with E-state index in [-0.39, 0.29) is 11.9 Å². The summed E-state index contributed by atoms with van der Waals surface area (Å²) in [4.78, 5) is 0. The first-order chi connectivity index (χ1) is 7.13. The summed E-state index contributed by atoms with van der Waals surface area (Å²) in [6.45, 7) is 2.81. The van der Waals surface area contributed by atoms with Crippen LogP contribution in [0.15, 0.2) is 18.2 Å². The summed E-state index contributed by atoms with van der Waals surface area (Å²) in [5.41, 5.74) is 6.84. The second kappa shape index (κ2) is 5.68. The molecule has 0 spiro atoms. The molecule has 84 valence electrons. The summed E-state index contributed by atoms with van der Waals surface area (Å²) in [7, 11) is 1.62. The summed E-state index contributed by atoms with van der Waals surface area (Å²) in [5.74, 6) is -0.332. The van der Waals surface area contributed by atoms with Gasteiger partial charge >= 0.3 is 0 Å². The molecule has 1 aromatic rings. The molecule has 0 saturated heterocycles. The molecule has 1 atom stereocenters. The first-order valence-corrected chi connectivity index (χ1v) is 4.78. The standard InChI is InChI=1S/C11H16FNO2/c1-8(6-14-2)15-7-9-3-4-10(12)5-11(9)13/h3-5,8H,6-7,13H2,1-2H3. The number of hydrogen-bond acceptors (Lipinski definition) is 3. The topological polar surface area (TPSA) is 44.5 Å². The molecule has 1 rings (SSSR count). The van der Waals surface area contributed by atoms with E-state index in [9.17, 15) is 4.39 Å². The molecule has 0 heterocycles. The Hall–Kier alpha value is -1.13. The van der Waals surface area contributed by atoms with Crippen LogP contribution in [0.3, 0.4) is 0 Å². The average Bonchev–Trinajstić information content (AvgIpc) is 2.17. The molecule has 4 heteroatoms. The van der Waals surface area contributed by atoms with Crippen LogP contribution < -0.4 is 5.73 Å². The van der Waals surface area contributed by atoms with Crippen LogP contribution in [0.1, 0.15) is 12.5 Å². The Balaban J connectivity index is 2.50. The van der Waals surface area contributed by atoms with Crippen molar-refractivity contribution in [3.8, 4) is 0 Å². The van der Waals surface area contributed by atoms with Crippen molar-refractivity contribution in [2.24, 2.45) is 0 Å². The Morgan fingerprint density at radius 2 is 2.20 bits per heavy atom. The summed E-state index contributed by atoms with van der Waals surface area (Å²) in [6, 6.07) is 4.29. The highest BCUT2D eigenvalue weighted by atomic mass is 19.1. The second-order valence-corrected chi connectivity index (χ2v) is 3.42. The fourth-order valence-corrected chi connectivity index (χ4v) is 1.21. The molecule has 0 aliphatic carbocycles. The van der Waals surface area contributed by atoms with Crippen molar-refractivity contribution in [1.29, 1.82) is 0 Å². The zero-order valence-electron chi connectivity index (χ0n) is 9.00. The first-order valence-electron chi connectivity index (χ1n) is 4.78. The molecule has 0 aliphatic rings. The molecule has 3 nitrogen and oxygen atoms in total. The number of nitrogen functional groups attached to an aromatic ring is 1. The second-order valence-electron chi connectivity index (χ2n) is 3.42. The van der Waals surface area contributed by atoms with Crippen molar-refractivity contribution in [2.45, 2.75) is 19.6 Å². The van der Waals surface area contributed by atoms with Crippen LogP contribution in [0.5, 0.6) is 0 Å². The molecule has 0 amide bonds. The van der Waals surface area contributed by atoms with Crippen molar-refractivity contribution in [2.75, 3.05) is 19.5 Å². The average molecular weight is 213 g/mol. The fourth-order valence-electron chi connectivity index (χ4n) is 1.21. The van der Waals surface area contributed by atoms with Gasteiger partial charge in [-0.05, 0) is 19.1 Å². The largest absolute Gasteiger partial charge is 0.398 e. The quantitative estimate of drug-likeness (QED) is 0.760. The van der Waals surface area contributed by atoms with Gasteiger partial charge in [-0.1, -0.05) is 6.07 Å². The lowest BCUT2D eigenvalue weighted by Gasteiger charge is -2.13. The Labute approximate surface area is 89.0 Å². The van der Waals surface area contributed by atoms with E-state index in [4.69, 9.17) is 15.2 Å². The minimum atomic E-state index is -0.332. The van der Waals surface area contributed by atoms with Crippen LogP contribution in [-0.2, 0) is 16.1 Å². The van der Waals surface area contributed by atoms with Gasteiger partial charge in [-0.3, -0.25) is 0 Å². The zero-order chi connectivity index (χ0) is 11.3. The predicted molar refractivity (Wildman–Crippen MR) is 56.9 cm³/mol. The summed E-state index contributed by atoms with van der Waals surface area (Å²) in [6.07, 6.45) is -0.000506. The van der Waals surface area contributed by atoms with Gasteiger partial charge in [0.15, 0.2) is 0 Å². The third-order valence-corrected chi connectivity index (χ3v) is 2.03. The van der Waals surface area contributed by atoms with Gasteiger partial charge in [0, 0.05) is 18.4 Å². The van der Waals surface area contributed by atoms with Gasteiger partial charge in [0.25, 0.3) is 0 Å². The number of methoxy groups -OCH3 is 1. The summed E-state index contributed by atoms with van der Waals surface area (Å²) in [5, 5.41) is 0. The third kappa shape index (κ3) is 3.85. The molecule has 0 bridgehead atoms. The molecule has 15 heavy (non-hydrogen) atoms. The van der Waals surface area contributed by atoms with Crippen LogP contribution in [0.25, 0.3) is 0 Å². The first kappa shape index (κ1) is 11.9. The normalized spacial score (nSPS) is 12.7. The molecule has 0 aromatic heterocycles. The number of halogens is 1. The lowest BCUT2D eigenvalue weighted by atomic mass is 10.2. The highest BCUT2D eigenvalue weighted by molar-refractivity contribution is 5.46. The molecule has 0 aliphatic heterocycles. The van der Waals surface area contributed by atoms with Gasteiger partial charge < -0.3 is 15.2 Å². The number of hydrogen-bond donors (Lipinski definition) is 1. The molecule has 0 saturated carbocycles. The number of benzene rings is 1. The van der Waals surface area contributed by atoms with Crippen molar-refractivity contribution in [3.63, 3.8) is 0 Å². The van der Waals surface area contributed by atoms with E-state index < -0.39 is 0 Å². The minimum Gasteiger partial charge on any atom is -0.398 e. The highest BCUT2D eigenvalue weighted by Crippen LogP contribution is 2.15. The SMILES string of the molecule is COCC(C)OCc1ccc(F)cc1N. The van der Waals surface area contributed by atoms with E-state index in [1.165, 1.54) is 12.1 Å². The van der Waals surface area contributed by atoms with E-state index in [0.29, 0.717) is 18.9 Å². The van der Waals surface area contributed by atoms with Crippen molar-refractivity contribution < 1.29 is 13.9 Å². The molecule has 2 N–H and O–H groups in total. The van der Waals surface area contributed by atoms with E-state index in [0.717, 1.165) is 5.56 Å². The van der Waals surface area contributed by atoms with Crippen LogP contribution in [0, 0.1) is 5.82 Å². The van der Waals surface area contributed by atoms with Crippen molar-refractivity contribution >= 4 is 5.69 Å². The minimum absolute atomic E-state index is 0.000506. The maximum Gasteiger partial charge on any atom is 0.125 e. The van der Waals surface area contributed by atoms with E-state index >= 15 is 0 Å². The zero-order valence-corrected chi connectivity index (χ0v) is 9.00. The third-order valence-electron chi connectivity index (χ3n) is 2.03.